The molecule has 3 aliphatic heterocycles. The molecule has 3 aliphatic carbocycles. The Balaban J connectivity index is 1.13. The van der Waals surface area contributed by atoms with Crippen LogP contribution in [-0.2, 0) is 52.3 Å². The molecule has 18 atom stereocenters. The lowest BCUT2D eigenvalue weighted by molar-refractivity contribution is -0.314. The molecule has 3 saturated heterocycles. The van der Waals surface area contributed by atoms with Crippen LogP contribution in [0.1, 0.15) is 91.5 Å². The predicted molar refractivity (Wildman–Crippen MR) is 235 cm³/mol. The molecule has 15 heteroatoms. The van der Waals surface area contributed by atoms with Crippen LogP contribution in [0.2, 0.25) is 0 Å². The molecule has 352 valence electrons. The number of allylic oxidation sites excluding steroid dienone is 2. The summed E-state index contributed by atoms with van der Waals surface area (Å²) >= 11 is 0. The molecule has 15 nitrogen and oxygen atoms in total. The maximum Gasteiger partial charge on any atom is 0.306 e. The standard InChI is InChI=1S/C49H70N4O11/c1-10-30-17-14-18-39(64-41-20-19-38(52(5)6)27(3)60-41)26(2)44(55)36-23-33-32-21-31(63-49-48(59-9)47(58-8)46(57-7)28(4)61-49)22-35(32)43(45(56)42(33)34(36)24-40(54)62-30)53-25-37(50-51-53)29-15-12-11-13-16-29/h11-13,15-16,23,25-28,30-35,38-39,41-43,46-49H,10,14,17-22,24H2,1-9H3/t26-,27?,28?,30+,31+,32+,33+,34?,35-,38+,39+,41+,42?,43+,46?,47?,48?,49?/m1/s1. The first-order valence-electron chi connectivity index (χ1n) is 23.7. The molecular weight excluding hydrogens is 821 g/mol. The number of aromatic nitrogens is 3. The van der Waals surface area contributed by atoms with Crippen molar-refractivity contribution in [2.24, 2.45) is 35.5 Å². The molecule has 2 saturated carbocycles. The molecule has 8 rings (SSSR count). The first kappa shape index (κ1) is 47.1. The van der Waals surface area contributed by atoms with Gasteiger partial charge in [0.15, 0.2) is 24.1 Å². The fourth-order valence-electron chi connectivity index (χ4n) is 12.2. The zero-order valence-corrected chi connectivity index (χ0v) is 39.1. The van der Waals surface area contributed by atoms with Gasteiger partial charge in [-0.15, -0.1) is 5.10 Å². The molecule has 0 spiro atoms. The summed E-state index contributed by atoms with van der Waals surface area (Å²) < 4.78 is 52.0. The van der Waals surface area contributed by atoms with E-state index in [1.165, 1.54) is 0 Å². The van der Waals surface area contributed by atoms with Crippen LogP contribution in [-0.4, -0.2) is 140 Å². The average molecular weight is 891 g/mol. The van der Waals surface area contributed by atoms with Gasteiger partial charge in [-0.1, -0.05) is 55.5 Å². The van der Waals surface area contributed by atoms with Gasteiger partial charge in [-0.3, -0.25) is 14.4 Å². The Hall–Kier alpha value is -3.41. The van der Waals surface area contributed by atoms with E-state index in [9.17, 15) is 4.79 Å². The van der Waals surface area contributed by atoms with Gasteiger partial charge < -0.3 is 42.8 Å². The number of Topliss-reactive ketones (excluding diaryl/α,β-unsaturated/α-hetero) is 2. The number of hydrogen-bond donors (Lipinski definition) is 0. The topological polar surface area (TPSA) is 159 Å². The van der Waals surface area contributed by atoms with Gasteiger partial charge in [0.05, 0.1) is 37.0 Å². The van der Waals surface area contributed by atoms with Crippen molar-refractivity contribution < 1.29 is 52.3 Å². The fraction of sp³-hybridized carbons (Fsp3) is 0.735. The number of likely N-dealkylation sites (N-methyl/N-ethyl adjacent to an activating group) is 1. The average Bonchev–Trinajstić information content (AvgIpc) is 4.03. The second kappa shape index (κ2) is 20.2. The van der Waals surface area contributed by atoms with Crippen molar-refractivity contribution in [1.82, 2.24) is 19.9 Å². The maximum absolute atomic E-state index is 15.5. The van der Waals surface area contributed by atoms with E-state index in [1.54, 1.807) is 26.0 Å². The normalized spacial score (nSPS) is 40.8. The van der Waals surface area contributed by atoms with Crippen molar-refractivity contribution in [3.8, 4) is 11.3 Å². The number of nitrogens with zero attached hydrogens (tertiary/aromatic N) is 4. The predicted octanol–water partition coefficient (Wildman–Crippen LogP) is 6.00. The zero-order chi connectivity index (χ0) is 45.4. The number of rotatable bonds is 11. The quantitative estimate of drug-likeness (QED) is 0.242. The summed E-state index contributed by atoms with van der Waals surface area (Å²) in [6.07, 6.45) is 5.23. The molecular formula is C49H70N4O11. The number of cyclic esters (lactones) is 1. The summed E-state index contributed by atoms with van der Waals surface area (Å²) in [4.78, 5) is 46.9. The summed E-state index contributed by atoms with van der Waals surface area (Å²) in [5.74, 6) is -3.07. The lowest BCUT2D eigenvalue weighted by atomic mass is 9.63. The number of carbonyl (C=O) groups is 3. The highest BCUT2D eigenvalue weighted by Crippen LogP contribution is 2.58. The molecule has 0 amide bonds. The fourth-order valence-corrected chi connectivity index (χ4v) is 12.2. The number of hydrogen-bond acceptors (Lipinski definition) is 14. The van der Waals surface area contributed by atoms with Crippen LogP contribution in [0, 0.1) is 35.5 Å². The van der Waals surface area contributed by atoms with Gasteiger partial charge >= 0.3 is 5.97 Å². The summed E-state index contributed by atoms with van der Waals surface area (Å²) in [5, 5.41) is 9.16. The number of ether oxygens (including phenoxy) is 8. The van der Waals surface area contributed by atoms with E-state index in [0.29, 0.717) is 43.4 Å². The van der Waals surface area contributed by atoms with Crippen molar-refractivity contribution >= 4 is 17.5 Å². The third-order valence-corrected chi connectivity index (χ3v) is 15.5. The smallest absolute Gasteiger partial charge is 0.306 e. The van der Waals surface area contributed by atoms with E-state index in [-0.39, 0.29) is 78.3 Å². The largest absolute Gasteiger partial charge is 0.462 e. The Kier molecular flexibility index (Phi) is 14.9. The molecule has 4 heterocycles. The number of fused-ring (bicyclic) bond motifs is 5. The zero-order valence-electron chi connectivity index (χ0n) is 39.1. The lowest BCUT2D eigenvalue weighted by Gasteiger charge is -2.44. The summed E-state index contributed by atoms with van der Waals surface area (Å²) in [5.41, 5.74) is 2.05. The monoisotopic (exact) mass is 891 g/mol. The Labute approximate surface area is 378 Å². The van der Waals surface area contributed by atoms with Crippen LogP contribution in [0.5, 0.6) is 0 Å². The van der Waals surface area contributed by atoms with Gasteiger partial charge in [0.25, 0.3) is 0 Å². The lowest BCUT2D eigenvalue weighted by Crippen LogP contribution is -2.59. The molecule has 5 fully saturated rings. The van der Waals surface area contributed by atoms with Crippen LogP contribution in [0.3, 0.4) is 0 Å². The Morgan fingerprint density at radius 1 is 0.844 bits per heavy atom. The number of ketones is 2. The van der Waals surface area contributed by atoms with Crippen LogP contribution >= 0.6 is 0 Å². The Morgan fingerprint density at radius 2 is 1.58 bits per heavy atom. The van der Waals surface area contributed by atoms with Gasteiger partial charge in [0.2, 0.25) is 0 Å². The second-order valence-electron chi connectivity index (χ2n) is 19.4. The highest BCUT2D eigenvalue weighted by molar-refractivity contribution is 6.01. The minimum atomic E-state index is -0.759. The second-order valence-corrected chi connectivity index (χ2v) is 19.4. The van der Waals surface area contributed by atoms with Crippen molar-refractivity contribution in [3.63, 3.8) is 0 Å². The first-order chi connectivity index (χ1) is 30.8. The molecule has 0 N–H and O–H groups in total. The van der Waals surface area contributed by atoms with Crippen LogP contribution in [0.15, 0.2) is 48.2 Å². The third kappa shape index (κ3) is 9.29. The number of methoxy groups -OCH3 is 3. The van der Waals surface area contributed by atoms with Crippen molar-refractivity contribution in [2.75, 3.05) is 35.4 Å². The molecule has 2 aromatic rings. The van der Waals surface area contributed by atoms with E-state index in [0.717, 1.165) is 24.8 Å². The molecule has 0 radical (unpaired) electrons. The number of esters is 1. The van der Waals surface area contributed by atoms with Crippen LogP contribution < -0.4 is 0 Å². The van der Waals surface area contributed by atoms with E-state index in [4.69, 9.17) is 37.9 Å². The Bertz CT molecular complexity index is 1960. The molecule has 1 aromatic heterocycles. The SMILES string of the molecule is CC[C@H]1CCC[C@H](O[C@H]2CC[C@H](N(C)C)C(C)O2)[C@@H](C)C(=O)C2=C[C@@H]3C(C(=O)[C@@H](n4cc(-c5ccccc5)nn4)[C@@H]4C[C@@H](OC5OC(C)C(OC)C(OC)C5OC)C[C@H]43)C2CC(=O)O1. The van der Waals surface area contributed by atoms with Crippen molar-refractivity contribution in [3.05, 3.63) is 48.2 Å². The highest BCUT2D eigenvalue weighted by atomic mass is 16.7. The third-order valence-electron chi connectivity index (χ3n) is 15.5. The molecule has 8 unspecified atom stereocenters. The van der Waals surface area contributed by atoms with Gasteiger partial charge in [0, 0.05) is 50.7 Å². The van der Waals surface area contributed by atoms with Gasteiger partial charge in [-0.05, 0) is 103 Å². The van der Waals surface area contributed by atoms with E-state index >= 15 is 9.59 Å². The molecule has 6 aliphatic rings. The summed E-state index contributed by atoms with van der Waals surface area (Å²) in [7, 11) is 9.00. The first-order valence-corrected chi connectivity index (χ1v) is 23.7. The molecule has 1 aromatic carbocycles. The van der Waals surface area contributed by atoms with Crippen molar-refractivity contribution in [1.29, 1.82) is 0 Å². The van der Waals surface area contributed by atoms with Gasteiger partial charge in [-0.25, -0.2) is 4.68 Å². The molecule has 64 heavy (non-hydrogen) atoms. The van der Waals surface area contributed by atoms with Gasteiger partial charge in [0.1, 0.15) is 36.2 Å². The molecule has 0 bridgehead atoms. The van der Waals surface area contributed by atoms with Crippen molar-refractivity contribution in [2.45, 2.75) is 159 Å². The Morgan fingerprint density at radius 3 is 2.27 bits per heavy atom. The summed E-state index contributed by atoms with van der Waals surface area (Å²) in [6.45, 7) is 7.97. The van der Waals surface area contributed by atoms with Crippen LogP contribution in [0.4, 0.5) is 0 Å². The van der Waals surface area contributed by atoms with Gasteiger partial charge in [-0.2, -0.15) is 0 Å². The van der Waals surface area contributed by atoms with E-state index < -0.39 is 54.7 Å². The maximum atomic E-state index is 15.5. The minimum Gasteiger partial charge on any atom is -0.462 e. The summed E-state index contributed by atoms with van der Waals surface area (Å²) in [6, 6.07) is 9.32. The number of benzene rings is 1. The minimum absolute atomic E-state index is 0.0306. The number of carbonyl (C=O) groups excluding carboxylic acids is 3. The highest BCUT2D eigenvalue weighted by Gasteiger charge is 2.60. The van der Waals surface area contributed by atoms with E-state index in [1.807, 2.05) is 63.4 Å². The van der Waals surface area contributed by atoms with E-state index in [2.05, 4.69) is 36.2 Å². The van der Waals surface area contributed by atoms with Crippen LogP contribution in [0.25, 0.3) is 11.3 Å².